The van der Waals surface area contributed by atoms with Crippen molar-refractivity contribution in [1.29, 1.82) is 0 Å². The van der Waals surface area contributed by atoms with Gasteiger partial charge >= 0.3 is 11.9 Å². The zero-order valence-corrected chi connectivity index (χ0v) is 17.0. The van der Waals surface area contributed by atoms with Crippen molar-refractivity contribution in [3.63, 3.8) is 0 Å². The molecule has 0 spiro atoms. The molecule has 1 fully saturated rings. The van der Waals surface area contributed by atoms with Gasteiger partial charge in [-0.2, -0.15) is 0 Å². The fourth-order valence-corrected chi connectivity index (χ4v) is 5.58. The number of nitrogens with one attached hydrogen (secondary N) is 1. The zero-order valence-electron chi connectivity index (χ0n) is 15.4. The molecule has 6 nitrogen and oxygen atoms in total. The van der Waals surface area contributed by atoms with Crippen LogP contribution >= 0.6 is 21.6 Å². The highest BCUT2D eigenvalue weighted by Gasteiger charge is 2.16. The van der Waals surface area contributed by atoms with E-state index in [9.17, 15) is 14.4 Å². The molecule has 0 aliphatic carbocycles. The van der Waals surface area contributed by atoms with Crippen LogP contribution in [0.15, 0.2) is 24.3 Å². The molecule has 0 aromatic heterocycles. The second-order valence-corrected chi connectivity index (χ2v) is 8.99. The molecule has 1 N–H and O–H groups in total. The number of hydrogen-bond acceptors (Lipinski definition) is 7. The summed E-state index contributed by atoms with van der Waals surface area (Å²) in [5, 5.41) is 3.40. The van der Waals surface area contributed by atoms with Gasteiger partial charge in [0, 0.05) is 24.0 Å². The van der Waals surface area contributed by atoms with Crippen LogP contribution in [0.3, 0.4) is 0 Å². The number of methoxy groups -OCH3 is 1. The third-order valence-electron chi connectivity index (χ3n) is 4.11. The van der Waals surface area contributed by atoms with Crippen molar-refractivity contribution in [2.24, 2.45) is 0 Å². The first-order valence-electron chi connectivity index (χ1n) is 8.96. The van der Waals surface area contributed by atoms with E-state index in [2.05, 4.69) is 10.1 Å². The fourth-order valence-electron chi connectivity index (χ4n) is 2.55. The number of hydrogen-bond donors (Lipinski definition) is 1. The van der Waals surface area contributed by atoms with Gasteiger partial charge in [-0.25, -0.2) is 4.79 Å². The average molecular weight is 412 g/mol. The van der Waals surface area contributed by atoms with E-state index in [4.69, 9.17) is 4.74 Å². The van der Waals surface area contributed by atoms with Gasteiger partial charge < -0.3 is 14.8 Å². The van der Waals surface area contributed by atoms with Crippen molar-refractivity contribution in [2.75, 3.05) is 19.5 Å². The molecule has 1 atom stereocenters. The fraction of sp³-hybridized carbons (Fsp3) is 0.526. The zero-order chi connectivity index (χ0) is 19.5. The highest BCUT2D eigenvalue weighted by Crippen LogP contribution is 2.39. The summed E-state index contributed by atoms with van der Waals surface area (Å²) in [4.78, 5) is 34.8. The maximum atomic E-state index is 11.8. The van der Waals surface area contributed by atoms with Crippen molar-refractivity contribution in [3.8, 4) is 0 Å². The summed E-state index contributed by atoms with van der Waals surface area (Å²) in [6.45, 7) is 0.0309. The molecule has 1 aromatic rings. The van der Waals surface area contributed by atoms with Crippen LogP contribution < -0.4 is 5.32 Å². The molecule has 1 saturated heterocycles. The Morgan fingerprint density at radius 3 is 2.63 bits per heavy atom. The van der Waals surface area contributed by atoms with Gasteiger partial charge in [-0.15, -0.1) is 0 Å². The summed E-state index contributed by atoms with van der Waals surface area (Å²) < 4.78 is 9.64. The molecule has 148 valence electrons. The van der Waals surface area contributed by atoms with Crippen molar-refractivity contribution >= 4 is 39.4 Å². The second kappa shape index (κ2) is 11.9. The molecule has 2 rings (SSSR count). The Bertz CT molecular complexity index is 629. The van der Waals surface area contributed by atoms with Crippen LogP contribution in [0.5, 0.6) is 0 Å². The van der Waals surface area contributed by atoms with E-state index in [1.54, 1.807) is 24.3 Å². The summed E-state index contributed by atoms with van der Waals surface area (Å²) in [5.41, 5.74) is 1.29. The topological polar surface area (TPSA) is 81.7 Å². The normalized spacial score (nSPS) is 16.0. The predicted molar refractivity (Wildman–Crippen MR) is 108 cm³/mol. The van der Waals surface area contributed by atoms with Crippen LogP contribution in [0.25, 0.3) is 0 Å². The van der Waals surface area contributed by atoms with Gasteiger partial charge in [0.25, 0.3) is 5.91 Å². The maximum absolute atomic E-state index is 11.8. The third-order valence-corrected chi connectivity index (χ3v) is 7.12. The SMILES string of the molecule is COC(=O)c1ccc(CNC(=O)COC(=O)CCCC[C@@H]2CCSS2)cc1. The number of unbranched alkanes of at least 4 members (excludes halogenated alkanes) is 1. The third kappa shape index (κ3) is 8.26. The van der Waals surface area contributed by atoms with Gasteiger partial charge in [0.1, 0.15) is 0 Å². The van der Waals surface area contributed by atoms with Crippen LogP contribution in [0.1, 0.15) is 48.0 Å². The van der Waals surface area contributed by atoms with Crippen molar-refractivity contribution in [3.05, 3.63) is 35.4 Å². The Labute approximate surface area is 167 Å². The molecule has 1 aromatic carbocycles. The van der Waals surface area contributed by atoms with E-state index in [1.165, 1.54) is 19.3 Å². The van der Waals surface area contributed by atoms with Crippen LogP contribution in [-0.4, -0.2) is 42.6 Å². The summed E-state index contributed by atoms with van der Waals surface area (Å²) in [6.07, 6.45) is 4.56. The Morgan fingerprint density at radius 2 is 1.96 bits per heavy atom. The van der Waals surface area contributed by atoms with Crippen molar-refractivity contribution in [1.82, 2.24) is 5.32 Å². The summed E-state index contributed by atoms with van der Waals surface area (Å²) in [6, 6.07) is 6.74. The lowest BCUT2D eigenvalue weighted by Gasteiger charge is -2.08. The summed E-state index contributed by atoms with van der Waals surface area (Å²) >= 11 is 0. The first-order valence-corrected chi connectivity index (χ1v) is 11.3. The summed E-state index contributed by atoms with van der Waals surface area (Å²) in [5.74, 6) is 0.140. The molecular weight excluding hydrogens is 386 g/mol. The quantitative estimate of drug-likeness (QED) is 0.359. The van der Waals surface area contributed by atoms with E-state index >= 15 is 0 Å². The van der Waals surface area contributed by atoms with Gasteiger partial charge in [-0.3, -0.25) is 9.59 Å². The average Bonchev–Trinajstić information content (AvgIpc) is 3.21. The van der Waals surface area contributed by atoms with Crippen LogP contribution in [0, 0.1) is 0 Å². The van der Waals surface area contributed by atoms with Crippen molar-refractivity contribution in [2.45, 2.75) is 43.9 Å². The van der Waals surface area contributed by atoms with Crippen LogP contribution in [-0.2, 0) is 25.6 Å². The van der Waals surface area contributed by atoms with E-state index in [0.717, 1.165) is 30.1 Å². The van der Waals surface area contributed by atoms with E-state index in [1.807, 2.05) is 21.6 Å². The molecule has 0 saturated carbocycles. The number of esters is 2. The highest BCUT2D eigenvalue weighted by atomic mass is 33.1. The molecule has 1 aliphatic rings. The Morgan fingerprint density at radius 1 is 1.19 bits per heavy atom. The molecular formula is C19H25NO5S2. The number of benzene rings is 1. The minimum absolute atomic E-state index is 0.270. The Hall–Kier alpha value is -1.67. The molecule has 0 unspecified atom stereocenters. The molecule has 8 heteroatoms. The second-order valence-electron chi connectivity index (χ2n) is 6.20. The Balaban J connectivity index is 1.55. The highest BCUT2D eigenvalue weighted by molar-refractivity contribution is 8.77. The van der Waals surface area contributed by atoms with E-state index in [0.29, 0.717) is 18.5 Å². The first kappa shape index (κ1) is 21.6. The number of ether oxygens (including phenoxy) is 2. The molecule has 27 heavy (non-hydrogen) atoms. The van der Waals surface area contributed by atoms with Gasteiger partial charge in [-0.1, -0.05) is 40.1 Å². The molecule has 0 radical (unpaired) electrons. The standard InChI is InChI=1S/C19H25NO5S2/c1-24-19(23)15-8-6-14(7-9-15)12-20-17(21)13-25-18(22)5-3-2-4-16-10-11-26-27-16/h6-9,16H,2-5,10-13H2,1H3,(H,20,21)/t16-/m1/s1. The van der Waals surface area contributed by atoms with Gasteiger partial charge in [0.15, 0.2) is 6.61 Å². The largest absolute Gasteiger partial charge is 0.465 e. The number of rotatable bonds is 10. The lowest BCUT2D eigenvalue weighted by atomic mass is 10.1. The van der Waals surface area contributed by atoms with Crippen LogP contribution in [0.2, 0.25) is 0 Å². The number of carbonyl (C=O) groups excluding carboxylic acids is 3. The van der Waals surface area contributed by atoms with E-state index < -0.39 is 5.97 Å². The molecule has 0 bridgehead atoms. The number of amides is 1. The lowest BCUT2D eigenvalue weighted by molar-refractivity contribution is -0.148. The van der Waals surface area contributed by atoms with Gasteiger partial charge in [-0.05, 0) is 37.0 Å². The maximum Gasteiger partial charge on any atom is 0.337 e. The minimum Gasteiger partial charge on any atom is -0.465 e. The predicted octanol–water partition coefficient (Wildman–Crippen LogP) is 3.35. The van der Waals surface area contributed by atoms with Gasteiger partial charge in [0.05, 0.1) is 12.7 Å². The molecule has 1 aliphatic heterocycles. The Kier molecular flexibility index (Phi) is 9.55. The molecule has 1 amide bonds. The van der Waals surface area contributed by atoms with Gasteiger partial charge in [0.2, 0.25) is 0 Å². The number of carbonyl (C=O) groups is 3. The van der Waals surface area contributed by atoms with Crippen molar-refractivity contribution < 1.29 is 23.9 Å². The molecule has 1 heterocycles. The first-order chi connectivity index (χ1) is 13.1. The minimum atomic E-state index is -0.404. The smallest absolute Gasteiger partial charge is 0.337 e. The lowest BCUT2D eigenvalue weighted by Crippen LogP contribution is -2.28. The van der Waals surface area contributed by atoms with Crippen LogP contribution in [0.4, 0.5) is 0 Å². The summed E-state index contributed by atoms with van der Waals surface area (Å²) in [7, 11) is 5.20. The van der Waals surface area contributed by atoms with E-state index in [-0.39, 0.29) is 18.5 Å². The monoisotopic (exact) mass is 411 g/mol.